The molecule has 0 aliphatic carbocycles. The molecule has 0 spiro atoms. The SMILES string of the molecule is CCNc1nccc(C(=O)NCC(F)(F)C(F)F)c1F. The highest BCUT2D eigenvalue weighted by atomic mass is 19.3. The van der Waals surface area contributed by atoms with Crippen LogP contribution in [0.25, 0.3) is 0 Å². The lowest BCUT2D eigenvalue weighted by Gasteiger charge is -2.16. The van der Waals surface area contributed by atoms with Crippen LogP contribution in [0.5, 0.6) is 0 Å². The zero-order chi connectivity index (χ0) is 15.3. The summed E-state index contributed by atoms with van der Waals surface area (Å²) in [4.78, 5) is 15.1. The molecule has 1 aromatic heterocycles. The van der Waals surface area contributed by atoms with Gasteiger partial charge >= 0.3 is 12.3 Å². The molecule has 1 aromatic rings. The van der Waals surface area contributed by atoms with E-state index >= 15 is 0 Å². The number of alkyl halides is 4. The molecule has 0 saturated carbocycles. The maximum atomic E-state index is 13.8. The average Bonchev–Trinajstić information content (AvgIpc) is 2.38. The Labute approximate surface area is 111 Å². The van der Waals surface area contributed by atoms with Gasteiger partial charge in [0.1, 0.15) is 0 Å². The second kappa shape index (κ2) is 6.49. The van der Waals surface area contributed by atoms with Crippen molar-refractivity contribution in [3.8, 4) is 0 Å². The first kappa shape index (κ1) is 16.1. The highest BCUT2D eigenvalue weighted by molar-refractivity contribution is 5.95. The minimum absolute atomic E-state index is 0.222. The second-order valence-corrected chi connectivity index (χ2v) is 3.80. The predicted molar refractivity (Wildman–Crippen MR) is 61.6 cm³/mol. The van der Waals surface area contributed by atoms with Crippen molar-refractivity contribution in [2.24, 2.45) is 0 Å². The van der Waals surface area contributed by atoms with Gasteiger partial charge in [-0.05, 0) is 13.0 Å². The number of rotatable bonds is 6. The summed E-state index contributed by atoms with van der Waals surface area (Å²) in [6, 6.07) is 0.964. The molecular formula is C11H12F5N3O. The largest absolute Gasteiger partial charge is 0.368 e. The van der Waals surface area contributed by atoms with Gasteiger partial charge in [-0.15, -0.1) is 0 Å². The first-order chi connectivity index (χ1) is 9.29. The first-order valence-electron chi connectivity index (χ1n) is 5.62. The van der Waals surface area contributed by atoms with Crippen LogP contribution >= 0.6 is 0 Å². The molecule has 1 heterocycles. The Morgan fingerprint density at radius 2 is 2.10 bits per heavy atom. The number of aromatic nitrogens is 1. The number of nitrogens with zero attached hydrogens (tertiary/aromatic N) is 1. The van der Waals surface area contributed by atoms with E-state index in [9.17, 15) is 26.7 Å². The third-order valence-corrected chi connectivity index (χ3v) is 2.28. The molecule has 0 aliphatic heterocycles. The van der Waals surface area contributed by atoms with Gasteiger partial charge in [0.05, 0.1) is 12.1 Å². The fourth-order valence-corrected chi connectivity index (χ4v) is 1.28. The molecule has 20 heavy (non-hydrogen) atoms. The normalized spacial score (nSPS) is 11.6. The summed E-state index contributed by atoms with van der Waals surface area (Å²) in [6.45, 7) is 0.414. The van der Waals surface area contributed by atoms with Gasteiger partial charge in [0.2, 0.25) is 0 Å². The molecule has 0 bridgehead atoms. The number of hydrogen-bond acceptors (Lipinski definition) is 3. The van der Waals surface area contributed by atoms with Gasteiger partial charge in [0.25, 0.3) is 5.91 Å². The molecule has 1 amide bonds. The van der Waals surface area contributed by atoms with Crippen LogP contribution in [0.15, 0.2) is 12.3 Å². The van der Waals surface area contributed by atoms with E-state index in [-0.39, 0.29) is 5.82 Å². The number of nitrogens with one attached hydrogen (secondary N) is 2. The van der Waals surface area contributed by atoms with Crippen molar-refractivity contribution in [3.63, 3.8) is 0 Å². The molecule has 0 radical (unpaired) electrons. The quantitative estimate of drug-likeness (QED) is 0.792. The minimum atomic E-state index is -4.37. The summed E-state index contributed by atoms with van der Waals surface area (Å²) in [6.07, 6.45) is -2.82. The minimum Gasteiger partial charge on any atom is -0.368 e. The maximum absolute atomic E-state index is 13.8. The third-order valence-electron chi connectivity index (χ3n) is 2.28. The van der Waals surface area contributed by atoms with Gasteiger partial charge < -0.3 is 10.6 Å². The zero-order valence-electron chi connectivity index (χ0n) is 10.4. The van der Waals surface area contributed by atoms with Gasteiger partial charge in [0, 0.05) is 12.7 Å². The van der Waals surface area contributed by atoms with Crippen molar-refractivity contribution in [1.82, 2.24) is 10.3 Å². The molecule has 0 aromatic carbocycles. The predicted octanol–water partition coefficient (Wildman–Crippen LogP) is 2.28. The van der Waals surface area contributed by atoms with E-state index in [1.54, 1.807) is 12.2 Å². The fourth-order valence-electron chi connectivity index (χ4n) is 1.28. The van der Waals surface area contributed by atoms with E-state index in [0.717, 1.165) is 12.3 Å². The van der Waals surface area contributed by atoms with Gasteiger partial charge in [-0.25, -0.2) is 18.2 Å². The van der Waals surface area contributed by atoms with Crippen molar-refractivity contribution in [3.05, 3.63) is 23.6 Å². The van der Waals surface area contributed by atoms with Crippen LogP contribution in [0.3, 0.4) is 0 Å². The van der Waals surface area contributed by atoms with Crippen LogP contribution in [-0.4, -0.2) is 36.3 Å². The van der Waals surface area contributed by atoms with E-state index in [2.05, 4.69) is 10.3 Å². The lowest BCUT2D eigenvalue weighted by molar-refractivity contribution is -0.123. The summed E-state index contributed by atoms with van der Waals surface area (Å²) in [5.41, 5.74) is -0.555. The number of anilines is 1. The lowest BCUT2D eigenvalue weighted by atomic mass is 10.2. The highest BCUT2D eigenvalue weighted by Gasteiger charge is 2.41. The number of amides is 1. The van der Waals surface area contributed by atoms with Crippen LogP contribution in [0, 0.1) is 5.82 Å². The molecule has 0 atom stereocenters. The van der Waals surface area contributed by atoms with Crippen molar-refractivity contribution in [2.75, 3.05) is 18.4 Å². The Morgan fingerprint density at radius 1 is 1.45 bits per heavy atom. The Morgan fingerprint density at radius 3 is 2.65 bits per heavy atom. The standard InChI is InChI=1S/C11H12F5N3O/c1-2-17-8-7(12)6(3-4-18-8)9(20)19-5-11(15,16)10(13)14/h3-4,10H,2,5H2,1H3,(H,17,18)(H,19,20). The van der Waals surface area contributed by atoms with Crippen LogP contribution < -0.4 is 10.6 Å². The molecule has 2 N–H and O–H groups in total. The van der Waals surface area contributed by atoms with Crippen molar-refractivity contribution in [2.45, 2.75) is 19.3 Å². The Kier molecular flexibility index (Phi) is 5.23. The summed E-state index contributed by atoms with van der Waals surface area (Å²) >= 11 is 0. The van der Waals surface area contributed by atoms with E-state index in [0.29, 0.717) is 6.54 Å². The fraction of sp³-hybridized carbons (Fsp3) is 0.455. The van der Waals surface area contributed by atoms with Crippen LogP contribution in [-0.2, 0) is 0 Å². The van der Waals surface area contributed by atoms with Crippen molar-refractivity contribution in [1.29, 1.82) is 0 Å². The van der Waals surface area contributed by atoms with Gasteiger partial charge in [0.15, 0.2) is 11.6 Å². The second-order valence-electron chi connectivity index (χ2n) is 3.80. The van der Waals surface area contributed by atoms with E-state index in [1.165, 1.54) is 0 Å². The summed E-state index contributed by atoms with van der Waals surface area (Å²) in [7, 11) is 0. The van der Waals surface area contributed by atoms with Crippen LogP contribution in [0.4, 0.5) is 27.8 Å². The number of hydrogen-bond donors (Lipinski definition) is 2. The number of carbonyl (C=O) groups excluding carboxylic acids is 1. The Balaban J connectivity index is 2.81. The Bertz CT molecular complexity index is 481. The van der Waals surface area contributed by atoms with E-state index < -0.39 is 36.2 Å². The van der Waals surface area contributed by atoms with Gasteiger partial charge in [-0.3, -0.25) is 4.79 Å². The zero-order valence-corrected chi connectivity index (χ0v) is 10.4. The summed E-state index contributed by atoms with van der Waals surface area (Å²) < 4.78 is 62.9. The molecule has 9 heteroatoms. The Hall–Kier alpha value is -1.93. The number of carbonyl (C=O) groups is 1. The van der Waals surface area contributed by atoms with E-state index in [4.69, 9.17) is 0 Å². The molecule has 0 unspecified atom stereocenters. The van der Waals surface area contributed by atoms with Gasteiger partial charge in [-0.2, -0.15) is 8.78 Å². The molecular weight excluding hydrogens is 285 g/mol. The monoisotopic (exact) mass is 297 g/mol. The molecule has 0 saturated heterocycles. The summed E-state index contributed by atoms with van der Waals surface area (Å²) in [5.74, 6) is -6.85. The lowest BCUT2D eigenvalue weighted by Crippen LogP contribution is -2.41. The summed E-state index contributed by atoms with van der Waals surface area (Å²) in [5, 5.41) is 4.09. The third kappa shape index (κ3) is 3.78. The highest BCUT2D eigenvalue weighted by Crippen LogP contribution is 2.22. The molecule has 0 fully saturated rings. The van der Waals surface area contributed by atoms with Gasteiger partial charge in [-0.1, -0.05) is 0 Å². The number of halogens is 5. The molecule has 1 rings (SSSR count). The average molecular weight is 297 g/mol. The topological polar surface area (TPSA) is 54.0 Å². The van der Waals surface area contributed by atoms with Crippen LogP contribution in [0.2, 0.25) is 0 Å². The first-order valence-corrected chi connectivity index (χ1v) is 5.62. The maximum Gasteiger partial charge on any atom is 0.324 e. The molecule has 112 valence electrons. The van der Waals surface area contributed by atoms with Crippen molar-refractivity contribution >= 4 is 11.7 Å². The smallest absolute Gasteiger partial charge is 0.324 e. The van der Waals surface area contributed by atoms with Crippen molar-refractivity contribution < 1.29 is 26.7 Å². The number of pyridine rings is 1. The van der Waals surface area contributed by atoms with E-state index in [1.807, 2.05) is 0 Å². The molecule has 0 aliphatic rings. The molecule has 4 nitrogen and oxygen atoms in total. The van der Waals surface area contributed by atoms with Crippen LogP contribution in [0.1, 0.15) is 17.3 Å².